The highest BCUT2D eigenvalue weighted by molar-refractivity contribution is 7.89. The molecule has 0 unspecified atom stereocenters. The number of benzene rings is 1. The molecule has 0 atom stereocenters. The van der Waals surface area contributed by atoms with Gasteiger partial charge in [0.1, 0.15) is 13.0 Å². The average molecular weight is 325 g/mol. The van der Waals surface area contributed by atoms with Gasteiger partial charge in [0.2, 0.25) is 10.0 Å². The summed E-state index contributed by atoms with van der Waals surface area (Å²) in [6.45, 7) is -6.70. The van der Waals surface area contributed by atoms with Crippen molar-refractivity contribution in [2.45, 2.75) is 11.8 Å². The standard InChI is InChI=1S/C13H17NO6S/c1-10-4-6-11(7-5-10)21(17,18)14(8-12(15)19-2)9-13(16)20-3/h4-7H,8-9H2,1-3H3/i2D3,3D3,8D2,9D2. The van der Waals surface area contributed by atoms with E-state index in [4.69, 9.17) is 13.7 Å². The predicted molar refractivity (Wildman–Crippen MR) is 74.0 cm³/mol. The Morgan fingerprint density at radius 2 is 1.62 bits per heavy atom. The van der Waals surface area contributed by atoms with Crippen LogP contribution >= 0.6 is 0 Å². The van der Waals surface area contributed by atoms with Gasteiger partial charge in [0.05, 0.1) is 32.7 Å². The van der Waals surface area contributed by atoms with E-state index in [1.54, 1.807) is 6.92 Å². The molecule has 21 heavy (non-hydrogen) atoms. The van der Waals surface area contributed by atoms with E-state index in [9.17, 15) is 18.0 Å². The van der Waals surface area contributed by atoms with E-state index in [0.29, 0.717) is 5.56 Å². The Balaban J connectivity index is 3.72. The van der Waals surface area contributed by atoms with Crippen LogP contribution in [0.25, 0.3) is 0 Å². The zero-order chi connectivity index (χ0) is 24.6. The lowest BCUT2D eigenvalue weighted by Crippen LogP contribution is -2.40. The molecule has 116 valence electrons. The largest absolute Gasteiger partial charge is 0.468 e. The van der Waals surface area contributed by atoms with Crippen molar-refractivity contribution >= 4 is 22.0 Å². The van der Waals surface area contributed by atoms with Crippen LogP contribution in [0.4, 0.5) is 0 Å². The summed E-state index contributed by atoms with van der Waals surface area (Å²) in [5, 5.41) is 0. The molecule has 0 amide bonds. The molecular weight excluding hydrogens is 298 g/mol. The van der Waals surface area contributed by atoms with Gasteiger partial charge in [-0.15, -0.1) is 0 Å². The van der Waals surface area contributed by atoms with Crippen molar-refractivity contribution < 1.29 is 41.2 Å². The molecule has 7 nitrogen and oxygen atoms in total. The van der Waals surface area contributed by atoms with Gasteiger partial charge in [-0.25, -0.2) is 8.42 Å². The Hall–Kier alpha value is -1.93. The first-order valence-electron chi connectivity index (χ1n) is 10.2. The van der Waals surface area contributed by atoms with E-state index in [-0.39, 0.29) is 0 Å². The fourth-order valence-corrected chi connectivity index (χ4v) is 2.26. The first-order valence-corrected chi connectivity index (χ1v) is 6.65. The van der Waals surface area contributed by atoms with Crippen LogP contribution in [0.5, 0.6) is 0 Å². The molecule has 0 spiro atoms. The van der Waals surface area contributed by atoms with Crippen LogP contribution < -0.4 is 0 Å². The average Bonchev–Trinajstić information content (AvgIpc) is 2.51. The Labute approximate surface area is 137 Å². The molecular formula is C13H17NO6S. The van der Waals surface area contributed by atoms with Gasteiger partial charge >= 0.3 is 11.9 Å². The van der Waals surface area contributed by atoms with E-state index in [1.807, 2.05) is 0 Å². The number of carbonyl (C=O) groups is 2. The third-order valence-electron chi connectivity index (χ3n) is 2.13. The van der Waals surface area contributed by atoms with Gasteiger partial charge in [-0.2, -0.15) is 4.31 Å². The molecule has 1 rings (SSSR count). The zero-order valence-electron chi connectivity index (χ0n) is 20.6. The van der Waals surface area contributed by atoms with Gasteiger partial charge in [0.15, 0.2) is 0 Å². The van der Waals surface area contributed by atoms with Crippen molar-refractivity contribution in [3.8, 4) is 0 Å². The Morgan fingerprint density at radius 3 is 2.05 bits per heavy atom. The summed E-state index contributed by atoms with van der Waals surface area (Å²) in [6, 6.07) is 4.26. The predicted octanol–water partition coefficient (Wildman–Crippen LogP) is 0.332. The van der Waals surface area contributed by atoms with Gasteiger partial charge in [-0.1, -0.05) is 17.7 Å². The van der Waals surface area contributed by atoms with Crippen molar-refractivity contribution in [2.75, 3.05) is 27.1 Å². The molecule has 1 aromatic rings. The highest BCUT2D eigenvalue weighted by Crippen LogP contribution is 2.16. The lowest BCUT2D eigenvalue weighted by atomic mass is 10.2. The number of ether oxygens (including phenoxy) is 2. The molecule has 0 N–H and O–H groups in total. The van der Waals surface area contributed by atoms with Crippen LogP contribution in [-0.2, 0) is 29.1 Å². The molecule has 0 radical (unpaired) electrons. The number of carbonyl (C=O) groups excluding carboxylic acids is 2. The number of esters is 2. The van der Waals surface area contributed by atoms with Gasteiger partial charge < -0.3 is 9.47 Å². The molecule has 0 aliphatic heterocycles. The van der Waals surface area contributed by atoms with E-state index < -0.39 is 58.2 Å². The summed E-state index contributed by atoms with van der Waals surface area (Å²) in [5.74, 6) is -4.76. The molecule has 8 heteroatoms. The fraction of sp³-hybridized carbons (Fsp3) is 0.385. The minimum atomic E-state index is -5.42. The topological polar surface area (TPSA) is 90.0 Å². The lowest BCUT2D eigenvalue weighted by molar-refractivity contribution is -0.143. The highest BCUT2D eigenvalue weighted by Gasteiger charge is 2.29. The third-order valence-corrected chi connectivity index (χ3v) is 3.66. The van der Waals surface area contributed by atoms with Gasteiger partial charge in [0.25, 0.3) is 0 Å². The quantitative estimate of drug-likeness (QED) is 0.700. The number of hydrogen-bond donors (Lipinski definition) is 0. The monoisotopic (exact) mass is 325 g/mol. The van der Waals surface area contributed by atoms with E-state index in [1.165, 1.54) is 12.1 Å². The van der Waals surface area contributed by atoms with E-state index in [2.05, 4.69) is 9.47 Å². The molecule has 0 aliphatic carbocycles. The Bertz CT molecular complexity index is 899. The third kappa shape index (κ3) is 4.54. The SMILES string of the molecule is [2H]C([2H])([2H])OC(=O)C([2H])([2H])N(C([2H])([2H])C(=O)OC([2H])([2H])[2H])S(=O)(=O)c1ccc(C)cc1. The summed E-state index contributed by atoms with van der Waals surface area (Å²) < 4.78 is 105. The minimum Gasteiger partial charge on any atom is -0.468 e. The summed E-state index contributed by atoms with van der Waals surface area (Å²) in [5.41, 5.74) is 0.542. The van der Waals surface area contributed by atoms with Crippen molar-refractivity contribution in [1.82, 2.24) is 4.31 Å². The maximum atomic E-state index is 13.0. The number of hydrogen-bond acceptors (Lipinski definition) is 6. The fourth-order valence-electron chi connectivity index (χ4n) is 1.18. The van der Waals surface area contributed by atoms with Crippen LogP contribution in [0.15, 0.2) is 29.2 Å². The molecule has 0 saturated heterocycles. The first kappa shape index (κ1) is 7.37. The molecule has 0 bridgehead atoms. The van der Waals surface area contributed by atoms with Crippen molar-refractivity contribution in [1.29, 1.82) is 0 Å². The van der Waals surface area contributed by atoms with Gasteiger partial charge in [-0.05, 0) is 19.1 Å². The summed E-state index contributed by atoms with van der Waals surface area (Å²) in [6.07, 6.45) is 0. The smallest absolute Gasteiger partial charge is 0.321 e. The lowest BCUT2D eigenvalue weighted by Gasteiger charge is -2.19. The van der Waals surface area contributed by atoms with Gasteiger partial charge in [0, 0.05) is 0 Å². The molecule has 1 aromatic carbocycles. The van der Waals surface area contributed by atoms with Crippen LogP contribution in [0.2, 0.25) is 0 Å². The number of aryl methyl sites for hydroxylation is 1. The van der Waals surface area contributed by atoms with Crippen LogP contribution in [0.1, 0.15) is 19.3 Å². The van der Waals surface area contributed by atoms with E-state index >= 15 is 0 Å². The zero-order valence-corrected chi connectivity index (χ0v) is 11.4. The summed E-state index contributed by atoms with van der Waals surface area (Å²) in [4.78, 5) is 23.4. The van der Waals surface area contributed by atoms with Crippen molar-refractivity contribution in [3.05, 3.63) is 29.8 Å². The van der Waals surface area contributed by atoms with Gasteiger partial charge in [-0.3, -0.25) is 9.59 Å². The highest BCUT2D eigenvalue weighted by atomic mass is 32.2. The second kappa shape index (κ2) is 7.19. The van der Waals surface area contributed by atoms with Crippen LogP contribution in [0.3, 0.4) is 0 Å². The summed E-state index contributed by atoms with van der Waals surface area (Å²) >= 11 is 0. The maximum absolute atomic E-state index is 13.0. The second-order valence-corrected chi connectivity index (χ2v) is 5.37. The Morgan fingerprint density at radius 1 is 1.14 bits per heavy atom. The number of sulfonamides is 1. The Kier molecular flexibility index (Phi) is 2.52. The molecule has 0 fully saturated rings. The maximum Gasteiger partial charge on any atom is 0.321 e. The van der Waals surface area contributed by atoms with E-state index in [0.717, 1.165) is 12.1 Å². The summed E-state index contributed by atoms with van der Waals surface area (Å²) in [7, 11) is -12.5. The molecule has 0 saturated carbocycles. The number of nitrogens with zero attached hydrogens (tertiary/aromatic N) is 1. The normalized spacial score (nSPS) is 20.9. The minimum absolute atomic E-state index is 0.542. The number of rotatable bonds is 6. The number of methoxy groups -OCH3 is 2. The molecule has 0 heterocycles. The van der Waals surface area contributed by atoms with Crippen molar-refractivity contribution in [3.63, 3.8) is 0 Å². The molecule has 0 aromatic heterocycles. The van der Waals surface area contributed by atoms with Crippen molar-refractivity contribution in [2.24, 2.45) is 0 Å². The first-order chi connectivity index (χ1) is 13.6. The van der Waals surface area contributed by atoms with Crippen LogP contribution in [-0.4, -0.2) is 51.7 Å². The second-order valence-electron chi connectivity index (χ2n) is 3.59. The molecule has 0 aliphatic rings. The van der Waals surface area contributed by atoms with Crippen LogP contribution in [0, 0.1) is 6.92 Å².